The molecule has 5 nitrogen and oxygen atoms in total. The van der Waals surface area contributed by atoms with Gasteiger partial charge in [0, 0.05) is 12.1 Å². The van der Waals surface area contributed by atoms with E-state index in [-0.39, 0.29) is 17.9 Å². The Hall–Kier alpha value is -2.82. The highest BCUT2D eigenvalue weighted by molar-refractivity contribution is 6.01. The van der Waals surface area contributed by atoms with Crippen LogP contribution in [0.1, 0.15) is 39.0 Å². The molecule has 0 saturated carbocycles. The normalized spacial score (nSPS) is 21.0. The van der Waals surface area contributed by atoms with Gasteiger partial charge in [0.1, 0.15) is 11.7 Å². The Morgan fingerprint density at radius 2 is 1.92 bits per heavy atom. The Kier molecular flexibility index (Phi) is 3.71. The minimum atomic E-state index is -0.537. The van der Waals surface area contributed by atoms with Crippen molar-refractivity contribution in [3.8, 4) is 5.75 Å². The van der Waals surface area contributed by atoms with Crippen molar-refractivity contribution in [2.24, 2.45) is 0 Å². The lowest BCUT2D eigenvalue weighted by Crippen LogP contribution is -2.48. The number of esters is 1. The summed E-state index contributed by atoms with van der Waals surface area (Å²) >= 11 is 0. The summed E-state index contributed by atoms with van der Waals surface area (Å²) in [7, 11) is 2.95. The SMILES string of the molecule is COC(=O)[C@@H]1c2ccc(OC)cc2C(=O)N2CCc3ccccc3[C@@H]12. The molecule has 0 saturated heterocycles. The average molecular weight is 337 g/mol. The van der Waals surface area contributed by atoms with Gasteiger partial charge in [0.05, 0.1) is 20.3 Å². The summed E-state index contributed by atoms with van der Waals surface area (Å²) < 4.78 is 10.4. The van der Waals surface area contributed by atoms with Crippen LogP contribution in [0.25, 0.3) is 0 Å². The second kappa shape index (κ2) is 5.92. The van der Waals surface area contributed by atoms with Crippen molar-refractivity contribution in [3.63, 3.8) is 0 Å². The van der Waals surface area contributed by atoms with Gasteiger partial charge < -0.3 is 14.4 Å². The van der Waals surface area contributed by atoms with Crippen LogP contribution < -0.4 is 4.74 Å². The molecule has 5 heteroatoms. The summed E-state index contributed by atoms with van der Waals surface area (Å²) in [5, 5.41) is 0. The lowest BCUT2D eigenvalue weighted by Gasteiger charge is -2.44. The third-order valence-corrected chi connectivity index (χ3v) is 5.19. The molecule has 0 fully saturated rings. The van der Waals surface area contributed by atoms with Crippen molar-refractivity contribution in [1.29, 1.82) is 0 Å². The van der Waals surface area contributed by atoms with Crippen LogP contribution >= 0.6 is 0 Å². The smallest absolute Gasteiger partial charge is 0.315 e. The van der Waals surface area contributed by atoms with E-state index in [1.54, 1.807) is 24.1 Å². The van der Waals surface area contributed by atoms with Crippen LogP contribution in [0.3, 0.4) is 0 Å². The van der Waals surface area contributed by atoms with E-state index < -0.39 is 5.92 Å². The Bertz CT molecular complexity index is 861. The van der Waals surface area contributed by atoms with Crippen molar-refractivity contribution in [2.45, 2.75) is 18.4 Å². The van der Waals surface area contributed by atoms with Gasteiger partial charge in [-0.15, -0.1) is 0 Å². The van der Waals surface area contributed by atoms with Crippen molar-refractivity contribution in [3.05, 3.63) is 64.7 Å². The molecule has 1 amide bonds. The van der Waals surface area contributed by atoms with Gasteiger partial charge in [0.2, 0.25) is 0 Å². The van der Waals surface area contributed by atoms with E-state index in [1.165, 1.54) is 12.7 Å². The van der Waals surface area contributed by atoms with Crippen LogP contribution in [0.5, 0.6) is 5.75 Å². The van der Waals surface area contributed by atoms with E-state index in [1.807, 2.05) is 24.3 Å². The summed E-state index contributed by atoms with van der Waals surface area (Å²) in [4.78, 5) is 27.6. The molecular weight excluding hydrogens is 318 g/mol. The number of carbonyl (C=O) groups is 2. The van der Waals surface area contributed by atoms with Crippen LogP contribution in [-0.2, 0) is 16.0 Å². The number of benzene rings is 2. The number of hydrogen-bond acceptors (Lipinski definition) is 4. The van der Waals surface area contributed by atoms with Gasteiger partial charge in [-0.05, 0) is 35.2 Å². The van der Waals surface area contributed by atoms with Gasteiger partial charge in [-0.2, -0.15) is 0 Å². The molecule has 0 unspecified atom stereocenters. The maximum Gasteiger partial charge on any atom is 0.315 e. The van der Waals surface area contributed by atoms with E-state index in [0.29, 0.717) is 23.4 Å². The molecule has 0 bridgehead atoms. The summed E-state index contributed by atoms with van der Waals surface area (Å²) in [6.45, 7) is 0.588. The maximum atomic E-state index is 13.1. The molecule has 4 rings (SSSR count). The number of fused-ring (bicyclic) bond motifs is 4. The first kappa shape index (κ1) is 15.7. The molecule has 0 N–H and O–H groups in total. The second-order valence-electron chi connectivity index (χ2n) is 6.35. The zero-order chi connectivity index (χ0) is 17.6. The molecule has 2 atom stereocenters. The highest BCUT2D eigenvalue weighted by atomic mass is 16.5. The fraction of sp³-hybridized carbons (Fsp3) is 0.300. The number of carbonyl (C=O) groups excluding carboxylic acids is 2. The monoisotopic (exact) mass is 337 g/mol. The predicted molar refractivity (Wildman–Crippen MR) is 91.7 cm³/mol. The first-order valence-corrected chi connectivity index (χ1v) is 8.30. The summed E-state index contributed by atoms with van der Waals surface area (Å²) in [5.74, 6) is -0.323. The molecule has 128 valence electrons. The van der Waals surface area contributed by atoms with Crippen molar-refractivity contribution < 1.29 is 19.1 Å². The van der Waals surface area contributed by atoms with Gasteiger partial charge in [-0.1, -0.05) is 30.3 Å². The fourth-order valence-corrected chi connectivity index (χ4v) is 4.01. The number of nitrogens with zero attached hydrogens (tertiary/aromatic N) is 1. The Morgan fingerprint density at radius 1 is 1.12 bits per heavy atom. The lowest BCUT2D eigenvalue weighted by atomic mass is 9.76. The number of ether oxygens (including phenoxy) is 2. The van der Waals surface area contributed by atoms with Crippen molar-refractivity contribution in [2.75, 3.05) is 20.8 Å². The van der Waals surface area contributed by atoms with E-state index in [0.717, 1.165) is 12.0 Å². The highest BCUT2D eigenvalue weighted by Crippen LogP contribution is 2.46. The molecule has 2 heterocycles. The lowest BCUT2D eigenvalue weighted by molar-refractivity contribution is -0.144. The Morgan fingerprint density at radius 3 is 2.68 bits per heavy atom. The third-order valence-electron chi connectivity index (χ3n) is 5.19. The summed E-state index contributed by atoms with van der Waals surface area (Å²) in [5.41, 5.74) is 3.43. The molecular formula is C20H19NO4. The average Bonchev–Trinajstić information content (AvgIpc) is 2.67. The third kappa shape index (κ3) is 2.30. The topological polar surface area (TPSA) is 55.8 Å². The largest absolute Gasteiger partial charge is 0.497 e. The number of amides is 1. The molecule has 0 radical (unpaired) electrons. The van der Waals surface area contributed by atoms with E-state index in [9.17, 15) is 9.59 Å². The molecule has 0 aliphatic carbocycles. The van der Waals surface area contributed by atoms with Gasteiger partial charge in [0.15, 0.2) is 0 Å². The summed E-state index contributed by atoms with van der Waals surface area (Å²) in [6.07, 6.45) is 0.783. The van der Waals surface area contributed by atoms with Gasteiger partial charge in [-0.25, -0.2) is 0 Å². The minimum absolute atomic E-state index is 0.0615. The predicted octanol–water partition coefficient (Wildman–Crippen LogP) is 2.71. The number of rotatable bonds is 2. The quantitative estimate of drug-likeness (QED) is 0.791. The minimum Gasteiger partial charge on any atom is -0.497 e. The van der Waals surface area contributed by atoms with Crippen LogP contribution in [-0.4, -0.2) is 37.5 Å². The highest BCUT2D eigenvalue weighted by Gasteiger charge is 2.46. The van der Waals surface area contributed by atoms with E-state index >= 15 is 0 Å². The molecule has 2 aromatic rings. The molecule has 25 heavy (non-hydrogen) atoms. The molecule has 2 aliphatic rings. The molecule has 2 aromatic carbocycles. The van der Waals surface area contributed by atoms with E-state index in [2.05, 4.69) is 6.07 Å². The standard InChI is InChI=1S/C20H19NO4/c1-24-13-7-8-15-16(11-13)19(22)21-10-9-12-5-3-4-6-14(12)18(21)17(15)20(23)25-2/h3-8,11,17-18H,9-10H2,1-2H3/t17-,18+/m1/s1. The van der Waals surface area contributed by atoms with Crippen LogP contribution in [0.4, 0.5) is 0 Å². The maximum absolute atomic E-state index is 13.1. The number of methoxy groups -OCH3 is 2. The van der Waals surface area contributed by atoms with Crippen LogP contribution in [0.2, 0.25) is 0 Å². The van der Waals surface area contributed by atoms with Crippen LogP contribution in [0.15, 0.2) is 42.5 Å². The van der Waals surface area contributed by atoms with Crippen molar-refractivity contribution in [1.82, 2.24) is 4.90 Å². The van der Waals surface area contributed by atoms with E-state index in [4.69, 9.17) is 9.47 Å². The first-order valence-electron chi connectivity index (χ1n) is 8.30. The van der Waals surface area contributed by atoms with Gasteiger partial charge in [0.25, 0.3) is 5.91 Å². The number of hydrogen-bond donors (Lipinski definition) is 0. The molecule has 0 spiro atoms. The van der Waals surface area contributed by atoms with Gasteiger partial charge >= 0.3 is 5.97 Å². The van der Waals surface area contributed by atoms with Gasteiger partial charge in [-0.3, -0.25) is 9.59 Å². The fourth-order valence-electron chi connectivity index (χ4n) is 4.01. The molecule has 2 aliphatic heterocycles. The Balaban J connectivity index is 1.94. The zero-order valence-corrected chi connectivity index (χ0v) is 14.2. The summed E-state index contributed by atoms with van der Waals surface area (Å²) in [6, 6.07) is 13.0. The first-order chi connectivity index (χ1) is 12.2. The van der Waals surface area contributed by atoms with Crippen LogP contribution in [0, 0.1) is 0 Å². The second-order valence-corrected chi connectivity index (χ2v) is 6.35. The molecule has 0 aromatic heterocycles. The van der Waals surface area contributed by atoms with Crippen molar-refractivity contribution >= 4 is 11.9 Å². The Labute approximate surface area is 146 Å². The zero-order valence-electron chi connectivity index (χ0n) is 14.2.